The summed E-state index contributed by atoms with van der Waals surface area (Å²) >= 11 is 0. The fourth-order valence-corrected chi connectivity index (χ4v) is 3.27. The second-order valence-corrected chi connectivity index (χ2v) is 11.0. The molecule has 0 amide bonds. The van der Waals surface area contributed by atoms with Crippen molar-refractivity contribution in [2.45, 2.75) is 32.2 Å². The highest BCUT2D eigenvalue weighted by molar-refractivity contribution is 6.88. The van der Waals surface area contributed by atoms with Crippen molar-refractivity contribution in [3.8, 4) is 0 Å². The van der Waals surface area contributed by atoms with Crippen molar-refractivity contribution in [1.82, 2.24) is 4.90 Å². The summed E-state index contributed by atoms with van der Waals surface area (Å²) in [5.74, 6) is 0. The summed E-state index contributed by atoms with van der Waals surface area (Å²) in [6.07, 6.45) is 0. The maximum Gasteiger partial charge on any atom is 0.0775 e. The minimum atomic E-state index is -1.14. The van der Waals surface area contributed by atoms with Crippen LogP contribution in [0.2, 0.25) is 19.6 Å². The van der Waals surface area contributed by atoms with Crippen molar-refractivity contribution in [2.24, 2.45) is 5.73 Å². The normalized spacial score (nSPS) is 18.5. The number of benzene rings is 1. The molecule has 16 heavy (non-hydrogen) atoms. The minimum absolute atomic E-state index is 0.404. The van der Waals surface area contributed by atoms with E-state index in [1.807, 2.05) is 0 Å². The molecule has 0 aromatic heterocycles. The van der Waals surface area contributed by atoms with Crippen molar-refractivity contribution in [3.05, 3.63) is 29.8 Å². The average Bonchev–Trinajstić information content (AvgIpc) is 2.15. The first-order valence-electron chi connectivity index (χ1n) is 6.02. The molecule has 0 unspecified atom stereocenters. The molecule has 1 aromatic carbocycles. The van der Waals surface area contributed by atoms with Crippen LogP contribution >= 0.6 is 0 Å². The Kier molecular flexibility index (Phi) is 3.19. The fraction of sp³-hybridized carbons (Fsp3) is 0.538. The Morgan fingerprint density at radius 3 is 2.19 bits per heavy atom. The van der Waals surface area contributed by atoms with Crippen molar-refractivity contribution < 1.29 is 0 Å². The molecule has 0 saturated carbocycles. The van der Waals surface area contributed by atoms with Gasteiger partial charge in [-0.2, -0.15) is 0 Å². The lowest BCUT2D eigenvalue weighted by molar-refractivity contribution is 0.142. The molecule has 1 saturated heterocycles. The summed E-state index contributed by atoms with van der Waals surface area (Å²) in [6, 6.07) is 9.57. The second kappa shape index (κ2) is 4.32. The Bertz CT molecular complexity index is 347. The van der Waals surface area contributed by atoms with Crippen LogP contribution in [-0.2, 0) is 6.54 Å². The Morgan fingerprint density at radius 1 is 1.19 bits per heavy atom. The fourth-order valence-electron chi connectivity index (χ4n) is 2.11. The molecular formula is C13H22N2Si. The van der Waals surface area contributed by atoms with Gasteiger partial charge in [0.05, 0.1) is 8.07 Å². The van der Waals surface area contributed by atoms with Crippen molar-refractivity contribution in [1.29, 1.82) is 0 Å². The molecule has 1 heterocycles. The standard InChI is InChI=1S/C13H22N2Si/c1-16(2,3)13-6-4-11(5-7-13)8-15-9-12(14)10-15/h4-7,12H,8-10,14H2,1-3H3. The molecule has 2 nitrogen and oxygen atoms in total. The SMILES string of the molecule is C[Si](C)(C)c1ccc(CN2CC(N)C2)cc1. The zero-order valence-corrected chi connectivity index (χ0v) is 11.5. The van der Waals surface area contributed by atoms with E-state index in [9.17, 15) is 0 Å². The van der Waals surface area contributed by atoms with E-state index < -0.39 is 8.07 Å². The third kappa shape index (κ3) is 2.73. The van der Waals surface area contributed by atoms with E-state index in [-0.39, 0.29) is 0 Å². The maximum atomic E-state index is 5.77. The summed E-state index contributed by atoms with van der Waals surface area (Å²) in [4.78, 5) is 2.40. The van der Waals surface area contributed by atoms with Gasteiger partial charge in [-0.1, -0.05) is 49.1 Å². The largest absolute Gasteiger partial charge is 0.325 e. The van der Waals surface area contributed by atoms with E-state index in [1.54, 1.807) is 0 Å². The zero-order chi connectivity index (χ0) is 11.8. The highest BCUT2D eigenvalue weighted by Crippen LogP contribution is 2.12. The lowest BCUT2D eigenvalue weighted by atomic mass is 10.1. The quantitative estimate of drug-likeness (QED) is 0.801. The summed E-state index contributed by atoms with van der Waals surface area (Å²) < 4.78 is 0. The van der Waals surface area contributed by atoms with E-state index in [0.29, 0.717) is 6.04 Å². The van der Waals surface area contributed by atoms with Gasteiger partial charge in [-0.25, -0.2) is 0 Å². The van der Waals surface area contributed by atoms with E-state index in [1.165, 1.54) is 10.8 Å². The number of likely N-dealkylation sites (tertiary alicyclic amines) is 1. The molecule has 1 aliphatic heterocycles. The van der Waals surface area contributed by atoms with Crippen LogP contribution in [-0.4, -0.2) is 32.1 Å². The van der Waals surface area contributed by atoms with Crippen LogP contribution in [0.5, 0.6) is 0 Å². The first-order chi connectivity index (χ1) is 7.45. The van der Waals surface area contributed by atoms with Crippen LogP contribution in [0.25, 0.3) is 0 Å². The average molecular weight is 234 g/mol. The van der Waals surface area contributed by atoms with Gasteiger partial charge in [0.2, 0.25) is 0 Å². The monoisotopic (exact) mass is 234 g/mol. The van der Waals surface area contributed by atoms with Crippen molar-refractivity contribution >= 4 is 13.3 Å². The smallest absolute Gasteiger partial charge is 0.0775 e. The van der Waals surface area contributed by atoms with E-state index >= 15 is 0 Å². The van der Waals surface area contributed by atoms with Crippen molar-refractivity contribution in [3.63, 3.8) is 0 Å². The molecule has 1 fully saturated rings. The molecule has 2 N–H and O–H groups in total. The maximum absolute atomic E-state index is 5.77. The Balaban J connectivity index is 1.97. The number of hydrogen-bond donors (Lipinski definition) is 1. The predicted octanol–water partition coefficient (Wildman–Crippen LogP) is 1.37. The molecular weight excluding hydrogens is 212 g/mol. The van der Waals surface area contributed by atoms with E-state index in [0.717, 1.165) is 19.6 Å². The molecule has 0 aliphatic carbocycles. The van der Waals surface area contributed by atoms with E-state index in [2.05, 4.69) is 48.8 Å². The van der Waals surface area contributed by atoms with Crippen LogP contribution in [0.3, 0.4) is 0 Å². The summed E-state index contributed by atoms with van der Waals surface area (Å²) in [6.45, 7) is 10.3. The molecule has 0 radical (unpaired) electrons. The number of nitrogens with two attached hydrogens (primary N) is 1. The Labute approximate surface area is 99.5 Å². The lowest BCUT2D eigenvalue weighted by Gasteiger charge is -2.36. The highest BCUT2D eigenvalue weighted by Gasteiger charge is 2.22. The minimum Gasteiger partial charge on any atom is -0.325 e. The summed E-state index contributed by atoms with van der Waals surface area (Å²) in [5, 5.41) is 1.54. The second-order valence-electron chi connectivity index (χ2n) is 5.90. The van der Waals surface area contributed by atoms with Gasteiger partial charge in [0.1, 0.15) is 0 Å². The van der Waals surface area contributed by atoms with Gasteiger partial charge in [0.15, 0.2) is 0 Å². The van der Waals surface area contributed by atoms with Gasteiger partial charge in [-0.15, -0.1) is 0 Å². The van der Waals surface area contributed by atoms with E-state index in [4.69, 9.17) is 5.73 Å². The molecule has 1 aromatic rings. The third-order valence-electron chi connectivity index (χ3n) is 3.21. The van der Waals surface area contributed by atoms with Crippen LogP contribution < -0.4 is 10.9 Å². The number of hydrogen-bond acceptors (Lipinski definition) is 2. The van der Waals surface area contributed by atoms with Gasteiger partial charge in [0.25, 0.3) is 0 Å². The molecule has 0 bridgehead atoms. The summed E-state index contributed by atoms with van der Waals surface area (Å²) in [7, 11) is -1.14. The van der Waals surface area contributed by atoms with Crippen LogP contribution in [0.4, 0.5) is 0 Å². The molecule has 0 spiro atoms. The summed E-state index contributed by atoms with van der Waals surface area (Å²) in [5.41, 5.74) is 7.18. The Morgan fingerprint density at radius 2 is 1.75 bits per heavy atom. The van der Waals surface area contributed by atoms with Gasteiger partial charge >= 0.3 is 0 Å². The highest BCUT2D eigenvalue weighted by atomic mass is 28.3. The topological polar surface area (TPSA) is 29.3 Å². The molecule has 3 heteroatoms. The van der Waals surface area contributed by atoms with Crippen LogP contribution in [0, 0.1) is 0 Å². The van der Waals surface area contributed by atoms with Gasteiger partial charge in [-0.3, -0.25) is 4.90 Å². The van der Waals surface area contributed by atoms with Crippen LogP contribution in [0.1, 0.15) is 5.56 Å². The zero-order valence-electron chi connectivity index (χ0n) is 10.5. The van der Waals surface area contributed by atoms with Gasteiger partial charge < -0.3 is 5.73 Å². The third-order valence-corrected chi connectivity index (χ3v) is 5.28. The lowest BCUT2D eigenvalue weighted by Crippen LogP contribution is -2.54. The van der Waals surface area contributed by atoms with Crippen molar-refractivity contribution in [2.75, 3.05) is 13.1 Å². The number of nitrogens with zero attached hydrogens (tertiary/aromatic N) is 1. The molecule has 1 aliphatic rings. The van der Waals surface area contributed by atoms with Crippen LogP contribution in [0.15, 0.2) is 24.3 Å². The molecule has 88 valence electrons. The molecule has 0 atom stereocenters. The first-order valence-corrected chi connectivity index (χ1v) is 9.52. The first kappa shape index (κ1) is 11.8. The van der Waals surface area contributed by atoms with Gasteiger partial charge in [0, 0.05) is 25.7 Å². The predicted molar refractivity (Wildman–Crippen MR) is 72.7 cm³/mol. The Hall–Kier alpha value is -0.643. The van der Waals surface area contributed by atoms with Gasteiger partial charge in [-0.05, 0) is 5.56 Å². The molecule has 2 rings (SSSR count). The number of rotatable bonds is 3.